The fourth-order valence-corrected chi connectivity index (χ4v) is 1.33. The molecule has 0 aliphatic rings. The summed E-state index contributed by atoms with van der Waals surface area (Å²) in [6.07, 6.45) is 0. The molecule has 0 radical (unpaired) electrons. The Morgan fingerprint density at radius 1 is 0.933 bits per heavy atom. The molecule has 0 bridgehead atoms. The molecule has 0 unspecified atom stereocenters. The summed E-state index contributed by atoms with van der Waals surface area (Å²) < 4.78 is 5.54. The lowest BCUT2D eigenvalue weighted by atomic mass is 10.2. The zero-order chi connectivity index (χ0) is 10.5. The fraction of sp³-hybridized carbons (Fsp3) is 0.0769. The van der Waals surface area contributed by atoms with Crippen molar-refractivity contribution in [3.8, 4) is 11.5 Å². The van der Waals surface area contributed by atoms with Crippen LogP contribution in [0.2, 0.25) is 0 Å². The van der Waals surface area contributed by atoms with Crippen LogP contribution in [0.5, 0.6) is 11.5 Å². The predicted molar refractivity (Wildman–Crippen MR) is 58.9 cm³/mol. The van der Waals surface area contributed by atoms with Gasteiger partial charge in [0.25, 0.3) is 0 Å². The molecule has 0 aromatic heterocycles. The molecule has 0 aliphatic heterocycles. The van der Waals surface area contributed by atoms with Crippen molar-refractivity contribution in [2.75, 3.05) is 0 Å². The number of phenols is 1. The van der Waals surface area contributed by atoms with Crippen molar-refractivity contribution < 1.29 is 9.84 Å². The van der Waals surface area contributed by atoms with Crippen LogP contribution in [-0.2, 0) is 6.61 Å². The first-order valence-electron chi connectivity index (χ1n) is 4.80. The average Bonchev–Trinajstić information content (AvgIpc) is 2.28. The van der Waals surface area contributed by atoms with Crippen molar-refractivity contribution in [3.05, 3.63) is 60.2 Å². The number of rotatable bonds is 3. The minimum atomic E-state index is 0.268. The van der Waals surface area contributed by atoms with Crippen LogP contribution in [0.4, 0.5) is 0 Å². The van der Waals surface area contributed by atoms with Gasteiger partial charge >= 0.3 is 0 Å². The summed E-state index contributed by atoms with van der Waals surface area (Å²) in [6.45, 7) is 0.471. The van der Waals surface area contributed by atoms with Crippen LogP contribution in [0.1, 0.15) is 5.56 Å². The van der Waals surface area contributed by atoms with Crippen LogP contribution >= 0.6 is 0 Å². The Morgan fingerprint density at radius 2 is 1.73 bits per heavy atom. The van der Waals surface area contributed by atoms with Gasteiger partial charge in [0, 0.05) is 0 Å². The summed E-state index contributed by atoms with van der Waals surface area (Å²) in [4.78, 5) is 0. The maximum atomic E-state index is 9.25. The number of para-hydroxylation sites is 1. The van der Waals surface area contributed by atoms with Crippen molar-refractivity contribution in [3.63, 3.8) is 0 Å². The SMILES string of the molecule is Oc1cccc(COc2ccccc2)c1. The quantitative estimate of drug-likeness (QED) is 0.825. The highest BCUT2D eigenvalue weighted by molar-refractivity contribution is 5.27. The van der Waals surface area contributed by atoms with Crippen LogP contribution in [0.3, 0.4) is 0 Å². The molecule has 2 aromatic carbocycles. The maximum Gasteiger partial charge on any atom is 0.119 e. The van der Waals surface area contributed by atoms with Gasteiger partial charge in [-0.3, -0.25) is 0 Å². The first kappa shape index (κ1) is 9.59. The molecule has 0 amide bonds. The lowest BCUT2D eigenvalue weighted by molar-refractivity contribution is 0.305. The van der Waals surface area contributed by atoms with E-state index < -0.39 is 0 Å². The molecule has 2 rings (SSSR count). The van der Waals surface area contributed by atoms with E-state index >= 15 is 0 Å². The Morgan fingerprint density at radius 3 is 2.47 bits per heavy atom. The van der Waals surface area contributed by atoms with E-state index in [4.69, 9.17) is 4.74 Å². The molecule has 2 nitrogen and oxygen atoms in total. The van der Waals surface area contributed by atoms with Gasteiger partial charge in [-0.25, -0.2) is 0 Å². The molecule has 0 saturated carbocycles. The van der Waals surface area contributed by atoms with Gasteiger partial charge in [-0.05, 0) is 29.8 Å². The molecule has 0 heterocycles. The second kappa shape index (κ2) is 4.51. The highest BCUT2D eigenvalue weighted by atomic mass is 16.5. The van der Waals surface area contributed by atoms with E-state index in [0.29, 0.717) is 6.61 Å². The summed E-state index contributed by atoms with van der Waals surface area (Å²) in [7, 11) is 0. The van der Waals surface area contributed by atoms with Gasteiger partial charge in [-0.1, -0.05) is 30.3 Å². The molecule has 76 valence electrons. The molecule has 2 heteroatoms. The molecular weight excluding hydrogens is 188 g/mol. The largest absolute Gasteiger partial charge is 0.508 e. The minimum Gasteiger partial charge on any atom is -0.508 e. The van der Waals surface area contributed by atoms with E-state index in [2.05, 4.69) is 0 Å². The second-order valence-corrected chi connectivity index (χ2v) is 3.27. The third kappa shape index (κ3) is 2.74. The lowest BCUT2D eigenvalue weighted by Crippen LogP contribution is -1.94. The predicted octanol–water partition coefficient (Wildman–Crippen LogP) is 2.97. The van der Waals surface area contributed by atoms with Crippen molar-refractivity contribution in [1.29, 1.82) is 0 Å². The summed E-state index contributed by atoms with van der Waals surface area (Å²) in [5.74, 6) is 1.10. The van der Waals surface area contributed by atoms with E-state index in [9.17, 15) is 5.11 Å². The van der Waals surface area contributed by atoms with Gasteiger partial charge in [-0.2, -0.15) is 0 Å². The van der Waals surface area contributed by atoms with Crippen LogP contribution in [-0.4, -0.2) is 5.11 Å². The van der Waals surface area contributed by atoms with Crippen molar-refractivity contribution in [2.24, 2.45) is 0 Å². The molecule has 0 spiro atoms. The van der Waals surface area contributed by atoms with Crippen molar-refractivity contribution >= 4 is 0 Å². The zero-order valence-electron chi connectivity index (χ0n) is 8.26. The monoisotopic (exact) mass is 200 g/mol. The van der Waals surface area contributed by atoms with E-state index in [1.165, 1.54) is 0 Å². The molecule has 0 saturated heterocycles. The maximum absolute atomic E-state index is 9.25. The highest BCUT2D eigenvalue weighted by Crippen LogP contribution is 2.14. The molecule has 0 aliphatic carbocycles. The van der Waals surface area contributed by atoms with Gasteiger partial charge < -0.3 is 9.84 Å². The first-order valence-corrected chi connectivity index (χ1v) is 4.80. The lowest BCUT2D eigenvalue weighted by Gasteiger charge is -2.05. The van der Waals surface area contributed by atoms with Crippen LogP contribution in [0, 0.1) is 0 Å². The Kier molecular flexibility index (Phi) is 2.88. The molecule has 0 atom stereocenters. The Balaban J connectivity index is 1.99. The Hall–Kier alpha value is -1.96. The number of ether oxygens (including phenoxy) is 1. The molecular formula is C13H12O2. The highest BCUT2D eigenvalue weighted by Gasteiger charge is 1.95. The van der Waals surface area contributed by atoms with E-state index in [-0.39, 0.29) is 5.75 Å². The van der Waals surface area contributed by atoms with Crippen LogP contribution in [0.25, 0.3) is 0 Å². The number of hydrogen-bond donors (Lipinski definition) is 1. The van der Waals surface area contributed by atoms with E-state index in [0.717, 1.165) is 11.3 Å². The van der Waals surface area contributed by atoms with Gasteiger partial charge in [0.15, 0.2) is 0 Å². The topological polar surface area (TPSA) is 29.5 Å². The normalized spacial score (nSPS) is 9.87. The first-order chi connectivity index (χ1) is 7.34. The van der Waals surface area contributed by atoms with Crippen LogP contribution in [0.15, 0.2) is 54.6 Å². The van der Waals surface area contributed by atoms with Gasteiger partial charge in [0.05, 0.1) is 0 Å². The van der Waals surface area contributed by atoms with Gasteiger partial charge in [-0.15, -0.1) is 0 Å². The molecule has 15 heavy (non-hydrogen) atoms. The molecule has 1 N–H and O–H groups in total. The fourth-order valence-electron chi connectivity index (χ4n) is 1.33. The Bertz CT molecular complexity index is 424. The van der Waals surface area contributed by atoms with E-state index in [1.807, 2.05) is 36.4 Å². The smallest absolute Gasteiger partial charge is 0.119 e. The summed E-state index contributed by atoms with van der Waals surface area (Å²) in [5.41, 5.74) is 0.957. The number of aromatic hydroxyl groups is 1. The third-order valence-corrected chi connectivity index (χ3v) is 2.06. The number of phenolic OH excluding ortho intramolecular Hbond substituents is 1. The number of benzene rings is 2. The third-order valence-electron chi connectivity index (χ3n) is 2.06. The average molecular weight is 200 g/mol. The standard InChI is InChI=1S/C13H12O2/c14-12-6-4-5-11(9-12)10-15-13-7-2-1-3-8-13/h1-9,14H,10H2. The van der Waals surface area contributed by atoms with E-state index in [1.54, 1.807) is 18.2 Å². The summed E-state index contributed by atoms with van der Waals surface area (Å²) in [6, 6.07) is 16.7. The van der Waals surface area contributed by atoms with Crippen molar-refractivity contribution in [1.82, 2.24) is 0 Å². The molecule has 2 aromatic rings. The van der Waals surface area contributed by atoms with Crippen molar-refractivity contribution in [2.45, 2.75) is 6.61 Å². The summed E-state index contributed by atoms with van der Waals surface area (Å²) in [5, 5.41) is 9.25. The second-order valence-electron chi connectivity index (χ2n) is 3.27. The molecule has 0 fully saturated rings. The number of hydrogen-bond acceptors (Lipinski definition) is 2. The minimum absolute atomic E-state index is 0.268. The Labute approximate surface area is 88.8 Å². The van der Waals surface area contributed by atoms with Gasteiger partial charge in [0.2, 0.25) is 0 Å². The van der Waals surface area contributed by atoms with Crippen LogP contribution < -0.4 is 4.74 Å². The van der Waals surface area contributed by atoms with Gasteiger partial charge in [0.1, 0.15) is 18.1 Å². The summed E-state index contributed by atoms with van der Waals surface area (Å²) >= 11 is 0. The zero-order valence-corrected chi connectivity index (χ0v) is 8.26.